The number of benzene rings is 1. The molecule has 5 rings (SSSR count). The van der Waals surface area contributed by atoms with Crippen molar-refractivity contribution < 1.29 is 4.74 Å². The van der Waals surface area contributed by atoms with Crippen LogP contribution in [0.25, 0.3) is 0 Å². The highest BCUT2D eigenvalue weighted by Crippen LogP contribution is 2.31. The monoisotopic (exact) mass is 466 g/mol. The quantitative estimate of drug-likeness (QED) is 0.540. The second-order valence-electron chi connectivity index (χ2n) is 9.90. The minimum Gasteiger partial charge on any atom is -0.369 e. The van der Waals surface area contributed by atoms with Crippen molar-refractivity contribution in [1.82, 2.24) is 25.3 Å². The maximum atomic E-state index is 6.72. The number of fused-ring (bicyclic) bond motifs is 1. The molecule has 0 radical (unpaired) electrons. The molecule has 0 aliphatic carbocycles. The fourth-order valence-electron chi connectivity index (χ4n) is 4.97. The Balaban J connectivity index is 1.39. The minimum atomic E-state index is -1.03. The van der Waals surface area contributed by atoms with Crippen LogP contribution in [0.15, 0.2) is 35.5 Å². The average Bonchev–Trinajstić information content (AvgIpc) is 3.28. The van der Waals surface area contributed by atoms with E-state index in [1.165, 1.54) is 11.3 Å². The number of piperidine rings is 1. The molecule has 1 aromatic carbocycles. The van der Waals surface area contributed by atoms with E-state index in [4.69, 9.17) is 9.73 Å². The number of para-hydroxylation sites is 1. The molecule has 184 valence electrons. The Labute approximate surface area is 202 Å². The van der Waals surface area contributed by atoms with E-state index in [0.717, 1.165) is 63.5 Å². The second kappa shape index (κ2) is 10.0. The van der Waals surface area contributed by atoms with Gasteiger partial charge in [-0.05, 0) is 37.4 Å². The molecule has 9 heteroatoms. The third kappa shape index (κ3) is 4.98. The summed E-state index contributed by atoms with van der Waals surface area (Å²) in [5.41, 5.74) is 3.68. The van der Waals surface area contributed by atoms with Crippen LogP contribution in [-0.4, -0.2) is 79.4 Å². The Morgan fingerprint density at radius 3 is 2.68 bits per heavy atom. The third-order valence-corrected chi connectivity index (χ3v) is 7.05. The zero-order valence-corrected chi connectivity index (χ0v) is 20.6. The molecule has 4 heterocycles. The maximum Gasteiger partial charge on any atom is 0.303 e. The number of anilines is 2. The molecule has 0 bridgehead atoms. The highest BCUT2D eigenvalue weighted by atomic mass is 16.6. The van der Waals surface area contributed by atoms with Gasteiger partial charge in [0.1, 0.15) is 12.2 Å². The number of likely N-dealkylation sites (tertiary alicyclic amines) is 1. The third-order valence-electron chi connectivity index (χ3n) is 7.05. The number of hydrogen-bond donors (Lipinski definition) is 3. The van der Waals surface area contributed by atoms with Crippen LogP contribution in [0.2, 0.25) is 0 Å². The lowest BCUT2D eigenvalue weighted by Crippen LogP contribution is -2.57. The average molecular weight is 467 g/mol. The van der Waals surface area contributed by atoms with Crippen molar-refractivity contribution in [3.05, 3.63) is 41.6 Å². The van der Waals surface area contributed by atoms with Crippen molar-refractivity contribution in [2.75, 3.05) is 56.5 Å². The van der Waals surface area contributed by atoms with Crippen LogP contribution in [0, 0.1) is 0 Å². The highest BCUT2D eigenvalue weighted by molar-refractivity contribution is 5.70. The van der Waals surface area contributed by atoms with E-state index in [2.05, 4.69) is 76.0 Å². The molecule has 2 aromatic rings. The molecule has 3 aliphatic rings. The van der Waals surface area contributed by atoms with E-state index in [1.807, 2.05) is 10.9 Å². The molecular formula is C25H38N8O. The summed E-state index contributed by atoms with van der Waals surface area (Å²) in [5.74, 6) is 0.259. The summed E-state index contributed by atoms with van der Waals surface area (Å²) in [4.78, 5) is 9.65. The summed E-state index contributed by atoms with van der Waals surface area (Å²) < 4.78 is 8.53. The Morgan fingerprint density at radius 1 is 1.15 bits per heavy atom. The number of ether oxygens (including phenoxy) is 1. The normalized spacial score (nSPS) is 23.8. The van der Waals surface area contributed by atoms with Gasteiger partial charge in [0.15, 0.2) is 0 Å². The number of aliphatic imine (C=N–C) groups is 1. The summed E-state index contributed by atoms with van der Waals surface area (Å²) in [6.07, 6.45) is 5.82. The molecule has 3 aliphatic heterocycles. The Kier molecular flexibility index (Phi) is 6.87. The van der Waals surface area contributed by atoms with Gasteiger partial charge in [-0.25, -0.2) is 15.0 Å². The van der Waals surface area contributed by atoms with Crippen LogP contribution in [0.4, 0.5) is 11.5 Å². The smallest absolute Gasteiger partial charge is 0.303 e. The molecule has 0 saturated carbocycles. The predicted octanol–water partition coefficient (Wildman–Crippen LogP) is 2.23. The van der Waals surface area contributed by atoms with Crippen LogP contribution in [0.5, 0.6) is 0 Å². The summed E-state index contributed by atoms with van der Waals surface area (Å²) in [6.45, 7) is 11.1. The van der Waals surface area contributed by atoms with Crippen molar-refractivity contribution in [2.24, 2.45) is 4.99 Å². The van der Waals surface area contributed by atoms with Crippen LogP contribution in [0.3, 0.4) is 0 Å². The maximum absolute atomic E-state index is 6.72. The lowest BCUT2D eigenvalue weighted by molar-refractivity contribution is -0.110. The molecule has 2 saturated heterocycles. The molecule has 2 fully saturated rings. The summed E-state index contributed by atoms with van der Waals surface area (Å²) in [5, 5.41) is 15.2. The molecule has 3 N–H and O–H groups in total. The van der Waals surface area contributed by atoms with Crippen LogP contribution in [-0.2, 0) is 11.3 Å². The van der Waals surface area contributed by atoms with E-state index in [9.17, 15) is 0 Å². The van der Waals surface area contributed by atoms with E-state index in [1.54, 1.807) is 6.34 Å². The van der Waals surface area contributed by atoms with Crippen molar-refractivity contribution >= 4 is 17.8 Å². The van der Waals surface area contributed by atoms with Crippen molar-refractivity contribution in [1.29, 1.82) is 0 Å². The first-order valence-electron chi connectivity index (χ1n) is 12.6. The van der Waals surface area contributed by atoms with Gasteiger partial charge < -0.3 is 25.2 Å². The molecule has 9 nitrogen and oxygen atoms in total. The Bertz CT molecular complexity index is 991. The summed E-state index contributed by atoms with van der Waals surface area (Å²) >= 11 is 0. The fraction of sp³-hybridized carbons (Fsp3) is 0.600. The number of piperazine rings is 1. The largest absolute Gasteiger partial charge is 0.369 e. The van der Waals surface area contributed by atoms with Gasteiger partial charge in [-0.1, -0.05) is 32.0 Å². The van der Waals surface area contributed by atoms with Gasteiger partial charge in [-0.3, -0.25) is 0 Å². The number of nitrogens with zero attached hydrogens (tertiary/aromatic N) is 5. The zero-order valence-electron chi connectivity index (χ0n) is 20.6. The van der Waals surface area contributed by atoms with Gasteiger partial charge in [-0.15, -0.1) is 0 Å². The predicted molar refractivity (Wildman–Crippen MR) is 137 cm³/mol. The van der Waals surface area contributed by atoms with E-state index < -0.39 is 5.97 Å². The first-order chi connectivity index (χ1) is 16.5. The van der Waals surface area contributed by atoms with Crippen molar-refractivity contribution in [2.45, 2.75) is 51.2 Å². The Morgan fingerprint density at radius 2 is 1.91 bits per heavy atom. The lowest BCUT2D eigenvalue weighted by atomic mass is 10.1. The zero-order chi connectivity index (χ0) is 23.5. The minimum absolute atomic E-state index is 0.133. The molecule has 1 atom stereocenters. The first-order valence-corrected chi connectivity index (χ1v) is 12.6. The van der Waals surface area contributed by atoms with Crippen LogP contribution in [0.1, 0.15) is 43.7 Å². The highest BCUT2D eigenvalue weighted by Gasteiger charge is 2.38. The Hall–Kier alpha value is -2.46. The molecule has 1 aromatic heterocycles. The van der Waals surface area contributed by atoms with Crippen LogP contribution < -0.4 is 20.9 Å². The van der Waals surface area contributed by atoms with Gasteiger partial charge in [-0.2, -0.15) is 5.10 Å². The van der Waals surface area contributed by atoms with E-state index >= 15 is 0 Å². The van der Waals surface area contributed by atoms with Crippen LogP contribution >= 0.6 is 0 Å². The number of hydrogen-bond acceptors (Lipinski definition) is 8. The van der Waals surface area contributed by atoms with Gasteiger partial charge in [0.2, 0.25) is 0 Å². The SMILES string of the molecule is CC(C)c1cnn2c1NC(NCc1ccccc1N1CCNCC1)(OC1CCN(C)CC1)N=C2. The molecule has 0 spiro atoms. The second-order valence-corrected chi connectivity index (χ2v) is 9.90. The molecule has 34 heavy (non-hydrogen) atoms. The van der Waals surface area contributed by atoms with Gasteiger partial charge in [0.05, 0.1) is 12.3 Å². The molecular weight excluding hydrogens is 428 g/mol. The lowest BCUT2D eigenvalue weighted by Gasteiger charge is -2.40. The van der Waals surface area contributed by atoms with E-state index in [-0.39, 0.29) is 6.10 Å². The van der Waals surface area contributed by atoms with Crippen molar-refractivity contribution in [3.8, 4) is 0 Å². The number of aromatic nitrogens is 2. The summed E-state index contributed by atoms with van der Waals surface area (Å²) in [7, 11) is 2.17. The fourth-order valence-corrected chi connectivity index (χ4v) is 4.97. The summed E-state index contributed by atoms with van der Waals surface area (Å²) in [6, 6.07) is 8.65. The first kappa shape index (κ1) is 23.3. The topological polar surface area (TPSA) is 82.0 Å². The molecule has 0 amide bonds. The van der Waals surface area contributed by atoms with Gasteiger partial charge >= 0.3 is 5.97 Å². The number of rotatable bonds is 7. The molecule has 1 unspecified atom stereocenters. The standard InChI is InChI=1S/C25H38N8O/c1-19(2)22-17-29-33-18-28-25(30-24(22)33,34-21-8-12-31(3)13-9-21)27-16-20-6-4-5-7-23(20)32-14-10-26-11-15-32/h4-7,17-19,21,26-27,30H,8-16H2,1-3H3. The number of nitrogens with one attached hydrogen (secondary N) is 3. The van der Waals surface area contributed by atoms with E-state index in [0.29, 0.717) is 12.5 Å². The van der Waals surface area contributed by atoms with Gasteiger partial charge in [0, 0.05) is 57.1 Å². The van der Waals surface area contributed by atoms with Crippen molar-refractivity contribution in [3.63, 3.8) is 0 Å². The van der Waals surface area contributed by atoms with Gasteiger partial charge in [0.25, 0.3) is 0 Å².